The van der Waals surface area contributed by atoms with Crippen molar-refractivity contribution in [3.8, 4) is 10.4 Å². The van der Waals surface area contributed by atoms with Crippen LogP contribution in [0, 0.1) is 19.3 Å². The standard InChI is InChI=1S/C32H40N4O4S/c1-20-7-6-8-22(15-20)11-14-27(38)35-29(32(3,4)5)31(40)36-18-25(37)16-26(36)30(39)33-17-23-9-12-24(13-10-23)28-21(2)34-19-41-28/h6-10,12-13,15,19,25-26,29,37H,11,14,16-18H2,1-5H3,(H,33,39)(H,35,38)/t25-,26+,29-/m1/s1. The Kier molecular flexibility index (Phi) is 9.60. The van der Waals surface area contributed by atoms with Crippen molar-refractivity contribution in [2.24, 2.45) is 5.41 Å². The summed E-state index contributed by atoms with van der Waals surface area (Å²) in [5.41, 5.74) is 6.40. The third-order valence-corrected chi connectivity index (χ3v) is 8.41. The van der Waals surface area contributed by atoms with E-state index in [0.717, 1.165) is 32.8 Å². The second-order valence-electron chi connectivity index (χ2n) is 11.9. The molecule has 41 heavy (non-hydrogen) atoms. The van der Waals surface area contributed by atoms with Gasteiger partial charge in [-0.25, -0.2) is 4.98 Å². The molecule has 0 bridgehead atoms. The highest BCUT2D eigenvalue weighted by Crippen LogP contribution is 2.28. The Bertz CT molecular complexity index is 1380. The zero-order chi connectivity index (χ0) is 29.7. The molecule has 1 fully saturated rings. The highest BCUT2D eigenvalue weighted by molar-refractivity contribution is 7.13. The summed E-state index contributed by atoms with van der Waals surface area (Å²) in [4.78, 5) is 46.8. The van der Waals surface area contributed by atoms with Crippen molar-refractivity contribution in [3.63, 3.8) is 0 Å². The minimum atomic E-state index is -0.837. The first-order chi connectivity index (χ1) is 19.4. The van der Waals surface area contributed by atoms with Crippen LogP contribution in [0.5, 0.6) is 0 Å². The summed E-state index contributed by atoms with van der Waals surface area (Å²) in [6.45, 7) is 9.99. The Morgan fingerprint density at radius 3 is 2.46 bits per heavy atom. The molecule has 9 heteroatoms. The van der Waals surface area contributed by atoms with E-state index in [1.165, 1.54) is 4.90 Å². The van der Waals surface area contributed by atoms with Crippen molar-refractivity contribution in [2.75, 3.05) is 6.54 Å². The molecule has 218 valence electrons. The van der Waals surface area contributed by atoms with E-state index in [1.807, 2.05) is 88.7 Å². The minimum Gasteiger partial charge on any atom is -0.391 e. The summed E-state index contributed by atoms with van der Waals surface area (Å²) in [5.74, 6) is -0.907. The zero-order valence-corrected chi connectivity index (χ0v) is 25.3. The second kappa shape index (κ2) is 13.0. The molecule has 1 aromatic heterocycles. The van der Waals surface area contributed by atoms with Gasteiger partial charge in [-0.1, -0.05) is 74.9 Å². The van der Waals surface area contributed by atoms with Crippen LogP contribution in [0.2, 0.25) is 0 Å². The average molecular weight is 577 g/mol. The fourth-order valence-electron chi connectivity index (χ4n) is 5.14. The molecule has 0 unspecified atom stereocenters. The summed E-state index contributed by atoms with van der Waals surface area (Å²) in [6, 6.07) is 14.3. The fourth-order valence-corrected chi connectivity index (χ4v) is 5.95. The van der Waals surface area contributed by atoms with Crippen molar-refractivity contribution in [3.05, 3.63) is 76.4 Å². The molecule has 3 aromatic rings. The van der Waals surface area contributed by atoms with E-state index in [4.69, 9.17) is 0 Å². The third kappa shape index (κ3) is 7.80. The molecule has 0 radical (unpaired) electrons. The van der Waals surface area contributed by atoms with Gasteiger partial charge in [0.15, 0.2) is 0 Å². The minimum absolute atomic E-state index is 0.0472. The van der Waals surface area contributed by atoms with E-state index in [1.54, 1.807) is 11.3 Å². The Hall–Kier alpha value is -3.56. The van der Waals surface area contributed by atoms with Crippen molar-refractivity contribution >= 4 is 29.1 Å². The number of nitrogens with one attached hydrogen (secondary N) is 2. The summed E-state index contributed by atoms with van der Waals surface area (Å²) in [7, 11) is 0. The number of aromatic nitrogens is 1. The van der Waals surface area contributed by atoms with E-state index < -0.39 is 23.6 Å². The molecule has 3 atom stereocenters. The van der Waals surface area contributed by atoms with E-state index >= 15 is 0 Å². The Morgan fingerprint density at radius 2 is 1.83 bits per heavy atom. The van der Waals surface area contributed by atoms with Crippen molar-refractivity contribution in [2.45, 2.75) is 78.6 Å². The van der Waals surface area contributed by atoms with Crippen LogP contribution in [0.3, 0.4) is 0 Å². The molecule has 3 N–H and O–H groups in total. The first kappa shape index (κ1) is 30.4. The second-order valence-corrected chi connectivity index (χ2v) is 12.8. The van der Waals surface area contributed by atoms with Gasteiger partial charge < -0.3 is 20.6 Å². The number of aliphatic hydroxyl groups excluding tert-OH is 1. The number of aryl methyl sites for hydroxylation is 3. The number of carbonyl (C=O) groups excluding carboxylic acids is 3. The van der Waals surface area contributed by atoms with Crippen molar-refractivity contribution in [1.82, 2.24) is 20.5 Å². The van der Waals surface area contributed by atoms with Crippen LogP contribution in [0.15, 0.2) is 54.0 Å². The largest absolute Gasteiger partial charge is 0.391 e. The van der Waals surface area contributed by atoms with E-state index in [0.29, 0.717) is 13.0 Å². The predicted molar refractivity (Wildman–Crippen MR) is 161 cm³/mol. The van der Waals surface area contributed by atoms with Crippen molar-refractivity contribution < 1.29 is 19.5 Å². The number of aliphatic hydroxyl groups is 1. The first-order valence-electron chi connectivity index (χ1n) is 14.0. The normalized spacial score (nSPS) is 17.8. The monoisotopic (exact) mass is 576 g/mol. The molecule has 0 spiro atoms. The van der Waals surface area contributed by atoms with Gasteiger partial charge in [-0.05, 0) is 42.4 Å². The Balaban J connectivity index is 1.38. The van der Waals surface area contributed by atoms with Gasteiger partial charge in [0.05, 0.1) is 22.2 Å². The first-order valence-corrected chi connectivity index (χ1v) is 14.9. The van der Waals surface area contributed by atoms with Crippen LogP contribution in [0.4, 0.5) is 0 Å². The van der Waals surface area contributed by atoms with Gasteiger partial charge in [-0.3, -0.25) is 14.4 Å². The van der Waals surface area contributed by atoms with Crippen LogP contribution in [-0.2, 0) is 27.3 Å². The fraction of sp³-hybridized carbons (Fsp3) is 0.438. The Morgan fingerprint density at radius 1 is 1.10 bits per heavy atom. The number of hydrogen-bond donors (Lipinski definition) is 3. The van der Waals surface area contributed by atoms with Crippen LogP contribution in [0.25, 0.3) is 10.4 Å². The number of thiazole rings is 1. The average Bonchev–Trinajstić information content (AvgIpc) is 3.54. The van der Waals surface area contributed by atoms with Gasteiger partial charge in [0.1, 0.15) is 12.1 Å². The number of carbonyl (C=O) groups is 3. The van der Waals surface area contributed by atoms with Crippen LogP contribution < -0.4 is 10.6 Å². The van der Waals surface area contributed by atoms with E-state index in [9.17, 15) is 19.5 Å². The molecule has 1 aliphatic heterocycles. The maximum atomic E-state index is 13.8. The molecule has 1 saturated heterocycles. The molecule has 2 heterocycles. The molecule has 0 aliphatic carbocycles. The molecule has 3 amide bonds. The summed E-state index contributed by atoms with van der Waals surface area (Å²) in [6.07, 6.45) is 0.155. The predicted octanol–water partition coefficient (Wildman–Crippen LogP) is 4.17. The highest BCUT2D eigenvalue weighted by Gasteiger charge is 2.44. The molecule has 1 aliphatic rings. The maximum absolute atomic E-state index is 13.8. The van der Waals surface area contributed by atoms with Crippen LogP contribution in [0.1, 0.15) is 56.0 Å². The smallest absolute Gasteiger partial charge is 0.246 e. The van der Waals surface area contributed by atoms with E-state index in [2.05, 4.69) is 15.6 Å². The molecular formula is C32H40N4O4S. The maximum Gasteiger partial charge on any atom is 0.246 e. The summed E-state index contributed by atoms with van der Waals surface area (Å²) < 4.78 is 0. The lowest BCUT2D eigenvalue weighted by atomic mass is 9.85. The lowest BCUT2D eigenvalue weighted by molar-refractivity contribution is -0.144. The molecule has 2 aromatic carbocycles. The number of hydrogen-bond acceptors (Lipinski definition) is 6. The summed E-state index contributed by atoms with van der Waals surface area (Å²) in [5, 5.41) is 16.3. The van der Waals surface area contributed by atoms with E-state index in [-0.39, 0.29) is 37.1 Å². The number of amides is 3. The van der Waals surface area contributed by atoms with Crippen LogP contribution in [-0.4, -0.2) is 57.4 Å². The van der Waals surface area contributed by atoms with Crippen LogP contribution >= 0.6 is 11.3 Å². The number of nitrogens with zero attached hydrogens (tertiary/aromatic N) is 2. The van der Waals surface area contributed by atoms with Gasteiger partial charge in [0, 0.05) is 25.9 Å². The Labute approximate surface area is 246 Å². The number of likely N-dealkylation sites (tertiary alicyclic amines) is 1. The lowest BCUT2D eigenvalue weighted by Gasteiger charge is -2.35. The topological polar surface area (TPSA) is 112 Å². The SMILES string of the molecule is Cc1cccc(CCC(=O)N[C@H](C(=O)N2C[C@H](O)C[C@H]2C(=O)NCc2ccc(-c3scnc3C)cc2)C(C)(C)C)c1. The quantitative estimate of drug-likeness (QED) is 0.354. The zero-order valence-electron chi connectivity index (χ0n) is 24.4. The lowest BCUT2D eigenvalue weighted by Crippen LogP contribution is -2.57. The number of β-amino-alcohol motifs (C(OH)–C–C–N with tert-alkyl or cyclic N) is 1. The van der Waals surface area contributed by atoms with Gasteiger partial charge in [-0.15, -0.1) is 11.3 Å². The molecule has 0 saturated carbocycles. The molecule has 4 rings (SSSR count). The highest BCUT2D eigenvalue weighted by atomic mass is 32.1. The van der Waals surface area contributed by atoms with Gasteiger partial charge >= 0.3 is 0 Å². The number of benzene rings is 2. The van der Waals surface area contributed by atoms with Gasteiger partial charge in [-0.2, -0.15) is 0 Å². The van der Waals surface area contributed by atoms with Gasteiger partial charge in [0.2, 0.25) is 17.7 Å². The number of rotatable bonds is 9. The molecular weight excluding hydrogens is 536 g/mol. The summed E-state index contributed by atoms with van der Waals surface area (Å²) >= 11 is 1.59. The van der Waals surface area contributed by atoms with Crippen molar-refractivity contribution in [1.29, 1.82) is 0 Å². The van der Waals surface area contributed by atoms with Gasteiger partial charge in [0.25, 0.3) is 0 Å². The molecule has 8 nitrogen and oxygen atoms in total. The third-order valence-electron chi connectivity index (χ3n) is 7.43.